The van der Waals surface area contributed by atoms with E-state index in [9.17, 15) is 0 Å². The molecule has 2 aromatic rings. The first kappa shape index (κ1) is 14.0. The van der Waals surface area contributed by atoms with Crippen molar-refractivity contribution in [3.63, 3.8) is 0 Å². The third kappa shape index (κ3) is 3.33. The maximum atomic E-state index is 5.95. The highest BCUT2D eigenvalue weighted by molar-refractivity contribution is 6.30. The minimum Gasteiger partial charge on any atom is -0.305 e. The van der Waals surface area contributed by atoms with Gasteiger partial charge in [0.25, 0.3) is 0 Å². The molecule has 1 aromatic heterocycles. The fourth-order valence-electron chi connectivity index (χ4n) is 2.13. The Morgan fingerprint density at radius 2 is 2.00 bits per heavy atom. The number of aryl methyl sites for hydroxylation is 1. The topological polar surface area (TPSA) is 42.7 Å². The average molecular weight is 279 g/mol. The van der Waals surface area contributed by atoms with Crippen molar-refractivity contribution in [3.05, 3.63) is 46.7 Å². The number of nitrogens with zero attached hydrogens (tertiary/aromatic N) is 3. The monoisotopic (exact) mass is 278 g/mol. The molecule has 1 unspecified atom stereocenters. The van der Waals surface area contributed by atoms with Crippen molar-refractivity contribution in [2.24, 2.45) is 0 Å². The number of hydrogen-bond donors (Lipinski definition) is 1. The van der Waals surface area contributed by atoms with Crippen LogP contribution in [0.4, 0.5) is 0 Å². The Hall–Kier alpha value is -1.39. The van der Waals surface area contributed by atoms with Gasteiger partial charge in [-0.25, -0.2) is 4.68 Å². The molecule has 0 aliphatic heterocycles. The highest BCUT2D eigenvalue weighted by atomic mass is 35.5. The molecule has 0 bridgehead atoms. The van der Waals surface area contributed by atoms with Gasteiger partial charge in [0.15, 0.2) is 0 Å². The summed E-state index contributed by atoms with van der Waals surface area (Å²) in [5.74, 6) is 0. The Balaban J connectivity index is 2.33. The van der Waals surface area contributed by atoms with E-state index in [-0.39, 0.29) is 6.04 Å². The lowest BCUT2D eigenvalue weighted by Gasteiger charge is -2.19. The molecule has 4 nitrogen and oxygen atoms in total. The van der Waals surface area contributed by atoms with Gasteiger partial charge in [-0.05, 0) is 30.7 Å². The van der Waals surface area contributed by atoms with E-state index in [0.717, 1.165) is 30.2 Å². The van der Waals surface area contributed by atoms with Crippen LogP contribution in [0.15, 0.2) is 30.5 Å². The third-order valence-electron chi connectivity index (χ3n) is 2.99. The van der Waals surface area contributed by atoms with Crippen LogP contribution in [-0.2, 0) is 6.54 Å². The van der Waals surface area contributed by atoms with Gasteiger partial charge in [0, 0.05) is 11.6 Å². The number of nitrogens with one attached hydrogen (secondary N) is 1. The van der Waals surface area contributed by atoms with Crippen LogP contribution in [0.5, 0.6) is 0 Å². The summed E-state index contributed by atoms with van der Waals surface area (Å²) in [6.07, 6.45) is 2.87. The van der Waals surface area contributed by atoms with Gasteiger partial charge in [-0.3, -0.25) is 0 Å². The van der Waals surface area contributed by atoms with E-state index in [1.54, 1.807) is 0 Å². The largest absolute Gasteiger partial charge is 0.305 e. The molecule has 1 N–H and O–H groups in total. The second-order valence-electron chi connectivity index (χ2n) is 4.42. The van der Waals surface area contributed by atoms with Crippen molar-refractivity contribution in [2.75, 3.05) is 6.54 Å². The molecule has 19 heavy (non-hydrogen) atoms. The molecule has 1 heterocycles. The summed E-state index contributed by atoms with van der Waals surface area (Å²) in [5, 5.41) is 12.4. The van der Waals surface area contributed by atoms with Crippen molar-refractivity contribution in [3.8, 4) is 0 Å². The molecular formula is C14H19ClN4. The van der Waals surface area contributed by atoms with E-state index in [2.05, 4.69) is 29.5 Å². The summed E-state index contributed by atoms with van der Waals surface area (Å²) in [7, 11) is 0. The van der Waals surface area contributed by atoms with Gasteiger partial charge >= 0.3 is 0 Å². The molecule has 0 saturated heterocycles. The minimum atomic E-state index is 0.101. The quantitative estimate of drug-likeness (QED) is 0.883. The number of halogens is 1. The first-order chi connectivity index (χ1) is 9.26. The summed E-state index contributed by atoms with van der Waals surface area (Å²) >= 11 is 5.95. The smallest absolute Gasteiger partial charge is 0.0801 e. The molecule has 2 rings (SSSR count). The van der Waals surface area contributed by atoms with Gasteiger partial charge in [0.05, 0.1) is 17.9 Å². The Morgan fingerprint density at radius 1 is 1.26 bits per heavy atom. The molecule has 0 aliphatic rings. The number of hydrogen-bond acceptors (Lipinski definition) is 3. The van der Waals surface area contributed by atoms with Gasteiger partial charge in [0.2, 0.25) is 0 Å². The van der Waals surface area contributed by atoms with Gasteiger partial charge in [-0.1, -0.05) is 42.8 Å². The van der Waals surface area contributed by atoms with Crippen LogP contribution >= 0.6 is 11.6 Å². The van der Waals surface area contributed by atoms with Crippen molar-refractivity contribution in [1.82, 2.24) is 20.3 Å². The highest BCUT2D eigenvalue weighted by Gasteiger charge is 2.17. The lowest BCUT2D eigenvalue weighted by molar-refractivity contribution is 0.511. The van der Waals surface area contributed by atoms with Gasteiger partial charge in [0.1, 0.15) is 0 Å². The number of rotatable bonds is 6. The van der Waals surface area contributed by atoms with E-state index < -0.39 is 0 Å². The number of benzene rings is 1. The molecule has 0 radical (unpaired) electrons. The molecule has 0 amide bonds. The van der Waals surface area contributed by atoms with E-state index in [1.165, 1.54) is 5.56 Å². The summed E-state index contributed by atoms with van der Waals surface area (Å²) < 4.78 is 1.96. The van der Waals surface area contributed by atoms with Crippen molar-refractivity contribution in [1.29, 1.82) is 0 Å². The van der Waals surface area contributed by atoms with Crippen molar-refractivity contribution < 1.29 is 0 Å². The standard InChI is InChI=1S/C14H19ClN4/c1-3-9-19-13(10-17-18-19)14(16-4-2)11-5-7-12(15)8-6-11/h5-8,10,14,16H,3-4,9H2,1-2H3. The zero-order chi connectivity index (χ0) is 13.7. The fourth-order valence-corrected chi connectivity index (χ4v) is 2.25. The zero-order valence-corrected chi connectivity index (χ0v) is 12.1. The summed E-state index contributed by atoms with van der Waals surface area (Å²) in [6.45, 7) is 5.99. The fraction of sp³-hybridized carbons (Fsp3) is 0.429. The van der Waals surface area contributed by atoms with Crippen molar-refractivity contribution in [2.45, 2.75) is 32.9 Å². The molecule has 0 spiro atoms. The Labute approximate surface area is 118 Å². The molecule has 1 aromatic carbocycles. The van der Waals surface area contributed by atoms with Crippen LogP contribution in [0.1, 0.15) is 37.6 Å². The maximum Gasteiger partial charge on any atom is 0.0801 e. The summed E-state index contributed by atoms with van der Waals surface area (Å²) in [6, 6.07) is 8.01. The molecule has 0 fully saturated rings. The SMILES string of the molecule is CCCn1nncc1C(NCC)c1ccc(Cl)cc1. The minimum absolute atomic E-state index is 0.101. The van der Waals surface area contributed by atoms with Gasteiger partial charge in [-0.15, -0.1) is 5.10 Å². The van der Waals surface area contributed by atoms with E-state index >= 15 is 0 Å². The summed E-state index contributed by atoms with van der Waals surface area (Å²) in [4.78, 5) is 0. The predicted molar refractivity (Wildman–Crippen MR) is 77.3 cm³/mol. The van der Waals surface area contributed by atoms with Crippen LogP contribution in [0, 0.1) is 0 Å². The molecule has 0 aliphatic carbocycles. The lowest BCUT2D eigenvalue weighted by Crippen LogP contribution is -2.25. The zero-order valence-electron chi connectivity index (χ0n) is 11.3. The maximum absolute atomic E-state index is 5.95. The van der Waals surface area contributed by atoms with E-state index in [1.807, 2.05) is 35.1 Å². The normalized spacial score (nSPS) is 12.6. The van der Waals surface area contributed by atoms with Crippen LogP contribution in [0.2, 0.25) is 5.02 Å². The van der Waals surface area contributed by atoms with Crippen LogP contribution in [0.3, 0.4) is 0 Å². The lowest BCUT2D eigenvalue weighted by atomic mass is 10.0. The third-order valence-corrected chi connectivity index (χ3v) is 3.24. The van der Waals surface area contributed by atoms with Gasteiger partial charge < -0.3 is 5.32 Å². The first-order valence-electron chi connectivity index (χ1n) is 6.63. The molecule has 5 heteroatoms. The highest BCUT2D eigenvalue weighted by Crippen LogP contribution is 2.23. The molecule has 1 atom stereocenters. The number of aromatic nitrogens is 3. The van der Waals surface area contributed by atoms with Crippen molar-refractivity contribution >= 4 is 11.6 Å². The van der Waals surface area contributed by atoms with E-state index in [4.69, 9.17) is 11.6 Å². The van der Waals surface area contributed by atoms with Gasteiger partial charge in [-0.2, -0.15) is 0 Å². The summed E-state index contributed by atoms with van der Waals surface area (Å²) in [5.41, 5.74) is 2.26. The van der Waals surface area contributed by atoms with Crippen LogP contribution < -0.4 is 5.32 Å². The predicted octanol–water partition coefficient (Wildman–Crippen LogP) is 3.04. The van der Waals surface area contributed by atoms with Crippen LogP contribution in [-0.4, -0.2) is 21.5 Å². The molecule has 0 saturated carbocycles. The Bertz CT molecular complexity index is 506. The second-order valence-corrected chi connectivity index (χ2v) is 4.86. The first-order valence-corrected chi connectivity index (χ1v) is 7.01. The van der Waals surface area contributed by atoms with Crippen LogP contribution in [0.25, 0.3) is 0 Å². The average Bonchev–Trinajstić information content (AvgIpc) is 2.86. The second kappa shape index (κ2) is 6.68. The molecular weight excluding hydrogens is 260 g/mol. The van der Waals surface area contributed by atoms with E-state index in [0.29, 0.717) is 0 Å². The Morgan fingerprint density at radius 3 is 2.63 bits per heavy atom. The Kier molecular flexibility index (Phi) is 4.93. The molecule has 102 valence electrons.